The molecule has 228 valence electrons. The van der Waals surface area contributed by atoms with Crippen molar-refractivity contribution in [1.82, 2.24) is 15.3 Å². The zero-order valence-electron chi connectivity index (χ0n) is 24.7. The third kappa shape index (κ3) is 7.09. The number of rotatable bonds is 13. The van der Waals surface area contributed by atoms with Gasteiger partial charge in [0.25, 0.3) is 5.91 Å². The number of carbonyl (C=O) groups is 3. The number of hydrogen-bond donors (Lipinski definition) is 6. The van der Waals surface area contributed by atoms with Crippen molar-refractivity contribution in [2.75, 3.05) is 11.9 Å². The quantitative estimate of drug-likeness (QED) is 0.112. The van der Waals surface area contributed by atoms with Gasteiger partial charge in [0.1, 0.15) is 11.8 Å². The molecule has 7 N–H and O–H groups in total. The van der Waals surface area contributed by atoms with Crippen LogP contribution in [-0.4, -0.2) is 51.5 Å². The third-order valence-electron chi connectivity index (χ3n) is 7.57. The first-order valence-electron chi connectivity index (χ1n) is 14.7. The van der Waals surface area contributed by atoms with E-state index in [9.17, 15) is 19.5 Å². The first-order valence-corrected chi connectivity index (χ1v) is 14.7. The summed E-state index contributed by atoms with van der Waals surface area (Å²) in [5.74, 6) is -1.57. The number of benzene rings is 3. The largest absolute Gasteiger partial charge is 0.491 e. The van der Waals surface area contributed by atoms with E-state index < -0.39 is 24.0 Å². The summed E-state index contributed by atoms with van der Waals surface area (Å²) >= 11 is 0. The first-order chi connectivity index (χ1) is 21.2. The van der Waals surface area contributed by atoms with Crippen molar-refractivity contribution >= 4 is 45.3 Å². The maximum Gasteiger partial charge on any atom is 0.326 e. The van der Waals surface area contributed by atoms with Gasteiger partial charge in [-0.25, -0.2) is 4.79 Å². The number of ether oxygens (including phenoxy) is 1. The molecule has 0 saturated heterocycles. The van der Waals surface area contributed by atoms with Crippen molar-refractivity contribution in [3.8, 4) is 5.75 Å². The van der Waals surface area contributed by atoms with Crippen LogP contribution in [-0.2, 0) is 22.4 Å². The molecule has 10 heteroatoms. The van der Waals surface area contributed by atoms with Gasteiger partial charge in [-0.3, -0.25) is 9.59 Å². The number of carbonyl (C=O) groups excluding carboxylic acids is 2. The lowest BCUT2D eigenvalue weighted by Gasteiger charge is -2.18. The van der Waals surface area contributed by atoms with E-state index in [-0.39, 0.29) is 36.2 Å². The highest BCUT2D eigenvalue weighted by Gasteiger charge is 2.24. The SMILES string of the molecule is CC(C)C[C@H](N)C(=O)Nc1ccc(C(=O)N[C@@H](Cc2c[nH]c3ccccc23)C(=O)O)cc1OCCc1c[nH]c2ccccc12. The minimum atomic E-state index is -1.17. The Hall–Kier alpha value is -5.09. The Bertz CT molecular complexity index is 1790. The Labute approximate surface area is 255 Å². The first kappa shape index (κ1) is 30.4. The normalized spacial score (nSPS) is 12.7. The fraction of sp³-hybridized carbons (Fsp3) is 0.265. The molecule has 10 nitrogen and oxygen atoms in total. The van der Waals surface area contributed by atoms with E-state index in [2.05, 4.69) is 20.6 Å². The Morgan fingerprint density at radius 3 is 2.20 bits per heavy atom. The summed E-state index contributed by atoms with van der Waals surface area (Å²) in [6, 6.07) is 18.3. The summed E-state index contributed by atoms with van der Waals surface area (Å²) in [6.45, 7) is 4.25. The second-order valence-corrected chi connectivity index (χ2v) is 11.3. The predicted octanol–water partition coefficient (Wildman–Crippen LogP) is 5.01. The van der Waals surface area contributed by atoms with Crippen molar-refractivity contribution in [3.05, 3.63) is 95.8 Å². The lowest BCUT2D eigenvalue weighted by Crippen LogP contribution is -2.42. The number of carboxylic acids is 1. The maximum atomic E-state index is 13.3. The molecule has 0 spiro atoms. The summed E-state index contributed by atoms with van der Waals surface area (Å²) in [5, 5.41) is 17.4. The fourth-order valence-corrected chi connectivity index (χ4v) is 5.30. The van der Waals surface area contributed by atoms with Gasteiger partial charge in [-0.15, -0.1) is 0 Å². The van der Waals surface area contributed by atoms with Gasteiger partial charge in [-0.1, -0.05) is 50.2 Å². The van der Waals surface area contributed by atoms with E-state index in [1.807, 2.05) is 68.6 Å². The molecule has 0 saturated carbocycles. The molecule has 2 atom stereocenters. The smallest absolute Gasteiger partial charge is 0.326 e. The zero-order chi connectivity index (χ0) is 31.2. The lowest BCUT2D eigenvalue weighted by atomic mass is 10.0. The van der Waals surface area contributed by atoms with Gasteiger partial charge in [-0.2, -0.15) is 0 Å². The molecular weight excluding hydrogens is 558 g/mol. The Kier molecular flexibility index (Phi) is 9.30. The molecule has 2 aromatic heterocycles. The highest BCUT2D eigenvalue weighted by molar-refractivity contribution is 6.00. The molecule has 2 heterocycles. The third-order valence-corrected chi connectivity index (χ3v) is 7.57. The molecular formula is C34H37N5O5. The van der Waals surface area contributed by atoms with Gasteiger partial charge >= 0.3 is 5.97 Å². The van der Waals surface area contributed by atoms with Crippen LogP contribution in [0.4, 0.5) is 5.69 Å². The maximum absolute atomic E-state index is 13.3. The number of aliphatic carboxylic acids is 1. The number of aromatic amines is 2. The van der Waals surface area contributed by atoms with Gasteiger partial charge in [0, 0.05) is 52.6 Å². The second kappa shape index (κ2) is 13.5. The summed E-state index contributed by atoms with van der Waals surface area (Å²) in [5.41, 5.74) is 10.4. The van der Waals surface area contributed by atoms with Gasteiger partial charge < -0.3 is 36.2 Å². The molecule has 2 amide bonds. The second-order valence-electron chi connectivity index (χ2n) is 11.3. The standard InChI is InChI=1S/C34H37N5O5/c1-20(2)15-26(35)33(41)38-29-12-11-21(17-31(29)44-14-13-22-18-36-27-9-5-3-7-24(22)27)32(40)39-30(34(42)43)16-23-19-37-28-10-6-4-8-25(23)28/h3-12,17-20,26,30,36-37H,13-16,35H2,1-2H3,(H,38,41)(H,39,40)(H,42,43)/t26-,30-/m0/s1. The van der Waals surface area contributed by atoms with E-state index in [1.54, 1.807) is 12.3 Å². The summed E-state index contributed by atoms with van der Waals surface area (Å²) in [6.07, 6.45) is 4.88. The van der Waals surface area contributed by atoms with Crippen molar-refractivity contribution in [1.29, 1.82) is 0 Å². The van der Waals surface area contributed by atoms with Crippen LogP contribution in [0.1, 0.15) is 41.8 Å². The molecule has 44 heavy (non-hydrogen) atoms. The van der Waals surface area contributed by atoms with Crippen LogP contribution in [0, 0.1) is 5.92 Å². The molecule has 0 aliphatic rings. The van der Waals surface area contributed by atoms with E-state index in [0.717, 1.165) is 32.9 Å². The molecule has 0 aliphatic heterocycles. The molecule has 0 aliphatic carbocycles. The molecule has 0 bridgehead atoms. The number of carboxylic acid groups (broad SMARTS) is 1. The topological polar surface area (TPSA) is 162 Å². The van der Waals surface area contributed by atoms with Crippen LogP contribution in [0.15, 0.2) is 79.1 Å². The molecule has 5 aromatic rings. The van der Waals surface area contributed by atoms with Crippen LogP contribution in [0.5, 0.6) is 5.75 Å². The van der Waals surface area contributed by atoms with Crippen molar-refractivity contribution < 1.29 is 24.2 Å². The summed E-state index contributed by atoms with van der Waals surface area (Å²) in [7, 11) is 0. The van der Waals surface area contributed by atoms with Crippen molar-refractivity contribution in [2.45, 2.75) is 45.2 Å². The van der Waals surface area contributed by atoms with Crippen LogP contribution in [0.2, 0.25) is 0 Å². The number of amides is 2. The van der Waals surface area contributed by atoms with Crippen LogP contribution in [0.25, 0.3) is 21.8 Å². The van der Waals surface area contributed by atoms with E-state index in [0.29, 0.717) is 18.5 Å². The Morgan fingerprint density at radius 1 is 0.909 bits per heavy atom. The average molecular weight is 596 g/mol. The molecule has 3 aromatic carbocycles. The van der Waals surface area contributed by atoms with Gasteiger partial charge in [-0.05, 0) is 53.8 Å². The van der Waals surface area contributed by atoms with Crippen molar-refractivity contribution in [2.24, 2.45) is 11.7 Å². The number of para-hydroxylation sites is 2. The zero-order valence-corrected chi connectivity index (χ0v) is 24.7. The van der Waals surface area contributed by atoms with Crippen molar-refractivity contribution in [3.63, 3.8) is 0 Å². The summed E-state index contributed by atoms with van der Waals surface area (Å²) in [4.78, 5) is 44.7. The minimum Gasteiger partial charge on any atom is -0.491 e. The number of H-pyrrole nitrogens is 2. The molecule has 5 rings (SSSR count). The number of aromatic nitrogens is 2. The van der Waals surface area contributed by atoms with Gasteiger partial charge in [0.15, 0.2) is 0 Å². The molecule has 0 unspecified atom stereocenters. The molecule has 0 radical (unpaired) electrons. The lowest BCUT2D eigenvalue weighted by molar-refractivity contribution is -0.139. The van der Waals surface area contributed by atoms with Crippen LogP contribution < -0.4 is 21.1 Å². The summed E-state index contributed by atoms with van der Waals surface area (Å²) < 4.78 is 6.13. The predicted molar refractivity (Wildman–Crippen MR) is 171 cm³/mol. The van der Waals surface area contributed by atoms with Gasteiger partial charge in [0.2, 0.25) is 5.91 Å². The van der Waals surface area contributed by atoms with E-state index in [1.165, 1.54) is 12.1 Å². The monoisotopic (exact) mass is 595 g/mol. The minimum absolute atomic E-state index is 0.0982. The van der Waals surface area contributed by atoms with E-state index >= 15 is 0 Å². The van der Waals surface area contributed by atoms with E-state index in [4.69, 9.17) is 10.5 Å². The highest BCUT2D eigenvalue weighted by Crippen LogP contribution is 2.28. The number of hydrogen-bond acceptors (Lipinski definition) is 5. The number of anilines is 1. The Morgan fingerprint density at radius 2 is 1.55 bits per heavy atom. The molecule has 0 fully saturated rings. The number of nitrogens with two attached hydrogens (primary N) is 1. The number of fused-ring (bicyclic) bond motifs is 2. The van der Waals surface area contributed by atoms with Crippen LogP contribution >= 0.6 is 0 Å². The van der Waals surface area contributed by atoms with Crippen LogP contribution in [0.3, 0.4) is 0 Å². The average Bonchev–Trinajstić information content (AvgIpc) is 3.61. The number of nitrogens with one attached hydrogen (secondary N) is 4. The fourth-order valence-electron chi connectivity index (χ4n) is 5.30. The highest BCUT2D eigenvalue weighted by atomic mass is 16.5. The van der Waals surface area contributed by atoms with Gasteiger partial charge in [0.05, 0.1) is 18.3 Å². The Balaban J connectivity index is 1.34.